The lowest BCUT2D eigenvalue weighted by molar-refractivity contribution is -0.287. The van der Waals surface area contributed by atoms with E-state index in [0.717, 1.165) is 42.9 Å². The lowest BCUT2D eigenvalue weighted by Gasteiger charge is -2.59. The van der Waals surface area contributed by atoms with Gasteiger partial charge in [-0.05, 0) is 97.2 Å². The topological polar surface area (TPSA) is 108 Å². The normalized spacial score (nSPS) is 47.4. The van der Waals surface area contributed by atoms with Gasteiger partial charge in [0.25, 0.3) is 0 Å². The molecule has 4 N–H and O–H groups in total. The van der Waals surface area contributed by atoms with Gasteiger partial charge in [0.1, 0.15) is 24.4 Å². The van der Waals surface area contributed by atoms with Crippen molar-refractivity contribution in [2.75, 3.05) is 6.61 Å². The smallest absolute Gasteiger partial charge is 0.217 e. The second-order valence-corrected chi connectivity index (χ2v) is 15.8. The van der Waals surface area contributed by atoms with Crippen LogP contribution in [0.3, 0.4) is 0 Å². The van der Waals surface area contributed by atoms with Crippen LogP contribution in [0, 0.1) is 52.3 Å². The summed E-state index contributed by atoms with van der Waals surface area (Å²) in [5, 5.41) is 33.5. The van der Waals surface area contributed by atoms with E-state index in [4.69, 9.17) is 9.47 Å². The van der Waals surface area contributed by atoms with Crippen molar-refractivity contribution in [2.45, 2.75) is 142 Å². The van der Waals surface area contributed by atoms with Crippen molar-refractivity contribution in [3.63, 3.8) is 0 Å². The molecule has 0 bridgehead atoms. The summed E-state index contributed by atoms with van der Waals surface area (Å²) in [5.41, 5.74) is 0.702. The highest BCUT2D eigenvalue weighted by Crippen LogP contribution is 2.67. The van der Waals surface area contributed by atoms with E-state index in [1.165, 1.54) is 51.9 Å². The van der Waals surface area contributed by atoms with E-state index < -0.39 is 37.3 Å². The first-order chi connectivity index (χ1) is 19.9. The predicted octanol–water partition coefficient (Wildman–Crippen LogP) is 5.21. The molecule has 42 heavy (non-hydrogen) atoms. The number of aliphatic hydroxyl groups is 3. The molecule has 0 aromatic rings. The summed E-state index contributed by atoms with van der Waals surface area (Å²) in [4.78, 5) is 11.9. The first kappa shape index (κ1) is 32.4. The fraction of sp³-hybridized carbons (Fsp3) is 0.914. The molecule has 1 aliphatic heterocycles. The summed E-state index contributed by atoms with van der Waals surface area (Å²) in [5.74, 6) is 4.71. The molecule has 0 aromatic heterocycles. The Labute approximate surface area is 254 Å². The molecule has 240 valence electrons. The summed E-state index contributed by atoms with van der Waals surface area (Å²) in [6.45, 7) is 13.3. The van der Waals surface area contributed by atoms with E-state index >= 15 is 0 Å². The van der Waals surface area contributed by atoms with Gasteiger partial charge in [-0.25, -0.2) is 0 Å². The zero-order valence-electron chi connectivity index (χ0n) is 27.0. The van der Waals surface area contributed by atoms with Crippen LogP contribution in [-0.4, -0.2) is 64.6 Å². The Kier molecular flexibility index (Phi) is 9.86. The molecular formula is C35H59NO6. The van der Waals surface area contributed by atoms with Crippen LogP contribution in [0.5, 0.6) is 0 Å². The van der Waals surface area contributed by atoms with Gasteiger partial charge in [0.05, 0.1) is 12.7 Å². The van der Waals surface area contributed by atoms with Gasteiger partial charge in [-0.3, -0.25) is 4.79 Å². The van der Waals surface area contributed by atoms with Crippen LogP contribution in [0.4, 0.5) is 0 Å². The number of ether oxygens (including phenoxy) is 2. The number of allylic oxidation sites excluding steroid dienone is 2. The van der Waals surface area contributed by atoms with Crippen LogP contribution in [-0.2, 0) is 14.3 Å². The van der Waals surface area contributed by atoms with Crippen LogP contribution < -0.4 is 5.32 Å². The fourth-order valence-electron chi connectivity index (χ4n) is 10.5. The molecule has 1 amide bonds. The Morgan fingerprint density at radius 2 is 1.71 bits per heavy atom. The number of carbonyl (C=O) groups is 1. The van der Waals surface area contributed by atoms with E-state index in [1.54, 1.807) is 0 Å². The minimum atomic E-state index is -1.30. The van der Waals surface area contributed by atoms with E-state index in [1.807, 2.05) is 0 Å². The van der Waals surface area contributed by atoms with Gasteiger partial charge in [-0.1, -0.05) is 66.0 Å². The third-order valence-electron chi connectivity index (χ3n) is 12.9. The first-order valence-corrected chi connectivity index (χ1v) is 17.1. The van der Waals surface area contributed by atoms with Crippen LogP contribution >= 0.6 is 0 Å². The Morgan fingerprint density at radius 3 is 2.40 bits per heavy atom. The Bertz CT molecular complexity index is 971. The molecule has 3 saturated carbocycles. The number of nitrogens with one attached hydrogen (secondary N) is 1. The third kappa shape index (κ3) is 5.99. The van der Waals surface area contributed by atoms with Gasteiger partial charge in [0.15, 0.2) is 6.29 Å². The van der Waals surface area contributed by atoms with Gasteiger partial charge in [0.2, 0.25) is 5.91 Å². The van der Waals surface area contributed by atoms with Gasteiger partial charge in [-0.15, -0.1) is 0 Å². The summed E-state index contributed by atoms with van der Waals surface area (Å²) in [6, 6.07) is -0.890. The summed E-state index contributed by atoms with van der Waals surface area (Å²) in [7, 11) is 0. The average Bonchev–Trinajstić information content (AvgIpc) is 3.29. The molecular weight excluding hydrogens is 530 g/mol. The molecule has 7 heteroatoms. The Morgan fingerprint density at radius 1 is 1.00 bits per heavy atom. The average molecular weight is 590 g/mol. The Hall–Kier alpha value is -0.990. The highest BCUT2D eigenvalue weighted by molar-refractivity contribution is 5.73. The number of aliphatic hydroxyl groups excluding tert-OH is 3. The molecule has 0 spiro atoms. The molecule has 4 aliphatic carbocycles. The van der Waals surface area contributed by atoms with E-state index in [9.17, 15) is 20.1 Å². The van der Waals surface area contributed by atoms with Crippen LogP contribution in [0.15, 0.2) is 12.2 Å². The SMILES string of the molecule is CC(=O)N[C@H]1[C@H](O[C@@H]2CC[C@]3(C)[C@@H]4CC[C@]5(C)[C@H](CC[C@H]5[C@@H](C)CCCC(C)C)[C@H]4C=C[C@H]3C2)O[C@H](CO)[C@@H](O)[C@@H]1O. The molecule has 0 aromatic carbocycles. The van der Waals surface area contributed by atoms with Crippen LogP contribution in [0.2, 0.25) is 0 Å². The van der Waals surface area contributed by atoms with Crippen molar-refractivity contribution in [1.29, 1.82) is 0 Å². The number of hydrogen-bond donors (Lipinski definition) is 4. The minimum Gasteiger partial charge on any atom is -0.394 e. The third-order valence-corrected chi connectivity index (χ3v) is 12.9. The van der Waals surface area contributed by atoms with Crippen molar-refractivity contribution in [2.24, 2.45) is 52.3 Å². The predicted molar refractivity (Wildman–Crippen MR) is 163 cm³/mol. The maximum absolute atomic E-state index is 11.9. The van der Waals surface area contributed by atoms with E-state index in [2.05, 4.69) is 52.1 Å². The summed E-state index contributed by atoms with van der Waals surface area (Å²) in [6.07, 6.45) is 12.9. The van der Waals surface area contributed by atoms with Crippen molar-refractivity contribution in [3.8, 4) is 0 Å². The maximum Gasteiger partial charge on any atom is 0.217 e. The zero-order chi connectivity index (χ0) is 30.4. The number of carbonyl (C=O) groups excluding carboxylic acids is 1. The largest absolute Gasteiger partial charge is 0.394 e. The first-order valence-electron chi connectivity index (χ1n) is 17.1. The number of fused-ring (bicyclic) bond motifs is 5. The van der Waals surface area contributed by atoms with Crippen molar-refractivity contribution >= 4 is 5.91 Å². The molecule has 4 fully saturated rings. The molecule has 14 atom stereocenters. The highest BCUT2D eigenvalue weighted by Gasteiger charge is 2.60. The zero-order valence-corrected chi connectivity index (χ0v) is 27.0. The molecule has 7 nitrogen and oxygen atoms in total. The summed E-state index contributed by atoms with van der Waals surface area (Å²) < 4.78 is 12.3. The van der Waals surface area contributed by atoms with Gasteiger partial charge >= 0.3 is 0 Å². The minimum absolute atomic E-state index is 0.0799. The van der Waals surface area contributed by atoms with E-state index in [0.29, 0.717) is 23.2 Å². The molecule has 1 heterocycles. The summed E-state index contributed by atoms with van der Waals surface area (Å²) >= 11 is 0. The lowest BCUT2D eigenvalue weighted by atomic mass is 9.46. The lowest BCUT2D eigenvalue weighted by Crippen LogP contribution is -2.65. The highest BCUT2D eigenvalue weighted by atomic mass is 16.7. The molecule has 0 radical (unpaired) electrons. The van der Waals surface area contributed by atoms with Gasteiger partial charge < -0.3 is 30.1 Å². The van der Waals surface area contributed by atoms with Gasteiger partial charge in [-0.2, -0.15) is 0 Å². The maximum atomic E-state index is 11.9. The monoisotopic (exact) mass is 589 g/mol. The second kappa shape index (κ2) is 12.8. The number of hydrogen-bond acceptors (Lipinski definition) is 6. The van der Waals surface area contributed by atoms with Crippen molar-refractivity contribution in [3.05, 3.63) is 12.2 Å². The molecule has 1 saturated heterocycles. The van der Waals surface area contributed by atoms with E-state index in [-0.39, 0.29) is 17.4 Å². The second-order valence-electron chi connectivity index (χ2n) is 15.8. The number of amides is 1. The molecule has 5 aliphatic rings. The van der Waals surface area contributed by atoms with Crippen LogP contribution in [0.1, 0.15) is 106 Å². The standard InChI is InChI=1S/C35H59NO6/c1-20(2)8-7-9-21(3)26-12-13-27-25-11-10-23-18-24(14-16-34(23,5)28(25)15-17-35(26,27)6)41-33-30(36-22(4)38)32(40)31(39)29(19-37)42-33/h10-11,20-21,23-33,37,39-40H,7-9,12-19H2,1-6H3,(H,36,38)/t21-,23-,24+,25+,26-,27+,28+,29+,30+,31+,32+,33+,34-,35-/m0/s1. The molecule has 0 unspecified atom stereocenters. The van der Waals surface area contributed by atoms with Crippen molar-refractivity contribution in [1.82, 2.24) is 5.32 Å². The Balaban J connectivity index is 1.26. The number of rotatable bonds is 9. The molecule has 5 rings (SSSR count). The van der Waals surface area contributed by atoms with Crippen LogP contribution in [0.25, 0.3) is 0 Å². The van der Waals surface area contributed by atoms with Gasteiger partial charge in [0, 0.05) is 6.92 Å². The van der Waals surface area contributed by atoms with Crippen molar-refractivity contribution < 1.29 is 29.6 Å². The quantitative estimate of drug-likeness (QED) is 0.275. The fourth-order valence-corrected chi connectivity index (χ4v) is 10.5.